The summed E-state index contributed by atoms with van der Waals surface area (Å²) in [5.41, 5.74) is 0.194. The minimum absolute atomic E-state index is 0.121. The molecule has 196 valence electrons. The molecular weight excluding hydrogens is 488 g/mol. The Bertz CT molecular complexity index is 1040. The zero-order chi connectivity index (χ0) is 27.7. The average Bonchev–Trinajstić information content (AvgIpc) is 2.72. The van der Waals surface area contributed by atoms with Crippen molar-refractivity contribution in [3.8, 4) is 0 Å². The van der Waals surface area contributed by atoms with Crippen LogP contribution in [0.2, 0.25) is 0 Å². The van der Waals surface area contributed by atoms with Gasteiger partial charge in [-0.3, -0.25) is 29.3 Å². The number of rotatable bonds is 14. The molecule has 15 heteroatoms. The molecule has 1 aromatic carbocycles. The van der Waals surface area contributed by atoms with E-state index in [2.05, 4.69) is 0 Å². The Hall–Kier alpha value is -4.37. The van der Waals surface area contributed by atoms with E-state index in [-0.39, 0.29) is 6.42 Å². The lowest BCUT2D eigenvalue weighted by Gasteiger charge is -2.28. The Morgan fingerprint density at radius 3 is 1.81 bits per heavy atom. The molecule has 0 aliphatic carbocycles. The van der Waals surface area contributed by atoms with Crippen LogP contribution in [0.5, 0.6) is 0 Å². The number of nitrogens with two attached hydrogens (primary N) is 1. The Labute approximate surface area is 202 Å². The molecule has 0 fully saturated rings. The predicted molar refractivity (Wildman–Crippen MR) is 114 cm³/mol. The second-order valence-electron chi connectivity index (χ2n) is 7.82. The minimum Gasteiger partial charge on any atom is -0.481 e. The number of carbonyl (C=O) groups is 7. The van der Waals surface area contributed by atoms with Crippen LogP contribution < -0.4 is 11.1 Å². The summed E-state index contributed by atoms with van der Waals surface area (Å²) in [4.78, 5) is 81.9. The summed E-state index contributed by atoms with van der Waals surface area (Å²) in [5.74, 6) is -12.1. The summed E-state index contributed by atoms with van der Waals surface area (Å²) in [7, 11) is 0. The number of carbonyl (C=O) groups excluding carboxylic acids is 3. The van der Waals surface area contributed by atoms with E-state index in [9.17, 15) is 43.8 Å². The molecule has 0 bridgehead atoms. The van der Waals surface area contributed by atoms with Gasteiger partial charge in [0.15, 0.2) is 5.60 Å². The molecule has 0 radical (unpaired) electrons. The Balaban J connectivity index is 3.05. The molecule has 0 aliphatic heterocycles. The van der Waals surface area contributed by atoms with Gasteiger partial charge in [-0.1, -0.05) is 30.3 Å². The molecule has 0 heterocycles. The van der Waals surface area contributed by atoms with Gasteiger partial charge in [0.1, 0.15) is 6.04 Å². The number of esters is 1. The lowest BCUT2D eigenvalue weighted by atomic mass is 9.93. The van der Waals surface area contributed by atoms with E-state index in [0.29, 0.717) is 5.56 Å². The highest BCUT2D eigenvalue weighted by Crippen LogP contribution is 2.24. The number of carboxylic acids is 4. The number of amides is 2. The van der Waals surface area contributed by atoms with Crippen LogP contribution in [0.15, 0.2) is 30.3 Å². The van der Waals surface area contributed by atoms with E-state index < -0.39 is 84.6 Å². The number of aliphatic hydroxyl groups is 1. The van der Waals surface area contributed by atoms with E-state index in [0.717, 1.165) is 0 Å². The van der Waals surface area contributed by atoms with Crippen molar-refractivity contribution < 1.29 is 63.8 Å². The molecule has 0 saturated carbocycles. The van der Waals surface area contributed by atoms with Crippen LogP contribution in [0.25, 0.3) is 0 Å². The van der Waals surface area contributed by atoms with Gasteiger partial charge in [-0.25, -0.2) is 9.59 Å². The molecule has 0 aliphatic rings. The number of ether oxygens (including phenoxy) is 1. The largest absolute Gasteiger partial charge is 0.481 e. The van der Waals surface area contributed by atoms with Crippen molar-refractivity contribution in [3.05, 3.63) is 35.9 Å². The fourth-order valence-electron chi connectivity index (χ4n) is 3.03. The third-order valence-corrected chi connectivity index (χ3v) is 4.74. The summed E-state index contributed by atoms with van der Waals surface area (Å²) in [6, 6.07) is 6.73. The Morgan fingerprint density at radius 2 is 1.33 bits per heavy atom. The summed E-state index contributed by atoms with van der Waals surface area (Å²) in [6.45, 7) is 0. The van der Waals surface area contributed by atoms with E-state index in [1.165, 1.54) is 5.32 Å². The fourth-order valence-corrected chi connectivity index (χ4v) is 3.03. The number of imide groups is 1. The lowest BCUT2D eigenvalue weighted by Crippen LogP contribution is -2.52. The van der Waals surface area contributed by atoms with Gasteiger partial charge in [-0.15, -0.1) is 0 Å². The molecule has 1 rings (SSSR count). The molecule has 36 heavy (non-hydrogen) atoms. The normalized spacial score (nSPS) is 14.8. The van der Waals surface area contributed by atoms with Gasteiger partial charge in [0.05, 0.1) is 25.7 Å². The van der Waals surface area contributed by atoms with Gasteiger partial charge in [-0.2, -0.15) is 0 Å². The molecule has 8 N–H and O–H groups in total. The Morgan fingerprint density at radius 1 is 0.806 bits per heavy atom. The fraction of sp³-hybridized carbons (Fsp3) is 0.381. The molecule has 1 aromatic rings. The number of nitrogens with one attached hydrogen (secondary N) is 1. The van der Waals surface area contributed by atoms with Gasteiger partial charge in [0.25, 0.3) is 0 Å². The standard InChI is InChI=1S/C21H24N2O13/c22-12(6-11-4-2-1-3-5-11)17(30)36-21(19(33)34,10-16(28)29)8-14(25)23-13(24)7-20(35,18(31)32)9-15(26)27/h1-5,12,35H,6-10,22H2,(H,26,27)(H,28,29)(H,31,32)(H,33,34)(H,23,24,25)/t12-,20?,21?/m0/s1. The van der Waals surface area contributed by atoms with Gasteiger partial charge < -0.3 is 36.0 Å². The highest BCUT2D eigenvalue weighted by Gasteiger charge is 2.48. The van der Waals surface area contributed by atoms with Crippen molar-refractivity contribution in [2.45, 2.75) is 49.3 Å². The first-order chi connectivity index (χ1) is 16.6. The number of hydrogen-bond donors (Lipinski definition) is 7. The molecule has 2 unspecified atom stereocenters. The topological polar surface area (TPSA) is 268 Å². The van der Waals surface area contributed by atoms with Crippen LogP contribution in [0.3, 0.4) is 0 Å². The first-order valence-corrected chi connectivity index (χ1v) is 10.1. The molecule has 0 saturated heterocycles. The second kappa shape index (κ2) is 12.4. The smallest absolute Gasteiger partial charge is 0.349 e. The summed E-state index contributed by atoms with van der Waals surface area (Å²) < 4.78 is 4.85. The molecule has 2 amide bonds. The molecule has 15 nitrogen and oxygen atoms in total. The predicted octanol–water partition coefficient (Wildman–Crippen LogP) is -1.89. The van der Waals surface area contributed by atoms with Crippen molar-refractivity contribution in [2.75, 3.05) is 0 Å². The molecule has 0 aromatic heterocycles. The van der Waals surface area contributed by atoms with E-state index in [1.807, 2.05) is 0 Å². The van der Waals surface area contributed by atoms with Gasteiger partial charge in [-0.05, 0) is 12.0 Å². The third kappa shape index (κ3) is 8.77. The molecule has 0 spiro atoms. The van der Waals surface area contributed by atoms with E-state index in [1.54, 1.807) is 30.3 Å². The second-order valence-corrected chi connectivity index (χ2v) is 7.82. The van der Waals surface area contributed by atoms with Crippen LogP contribution in [-0.4, -0.2) is 84.4 Å². The summed E-state index contributed by atoms with van der Waals surface area (Å²) in [5, 5.41) is 47.8. The monoisotopic (exact) mass is 512 g/mol. The Kier molecular flexibility index (Phi) is 10.2. The number of hydrogen-bond acceptors (Lipinski definition) is 10. The number of aliphatic carboxylic acids is 4. The van der Waals surface area contributed by atoms with E-state index in [4.69, 9.17) is 25.8 Å². The number of carboxylic acid groups (broad SMARTS) is 4. The van der Waals surface area contributed by atoms with Crippen molar-refractivity contribution in [2.24, 2.45) is 5.73 Å². The third-order valence-electron chi connectivity index (χ3n) is 4.74. The first-order valence-electron chi connectivity index (χ1n) is 10.1. The van der Waals surface area contributed by atoms with Gasteiger partial charge in [0, 0.05) is 0 Å². The van der Waals surface area contributed by atoms with Gasteiger partial charge >= 0.3 is 29.8 Å². The lowest BCUT2D eigenvalue weighted by molar-refractivity contribution is -0.185. The highest BCUT2D eigenvalue weighted by molar-refractivity contribution is 6.01. The summed E-state index contributed by atoms with van der Waals surface area (Å²) in [6.07, 6.45) is -5.76. The maximum absolute atomic E-state index is 12.5. The van der Waals surface area contributed by atoms with Crippen molar-refractivity contribution in [1.82, 2.24) is 5.32 Å². The van der Waals surface area contributed by atoms with Crippen molar-refractivity contribution in [1.29, 1.82) is 0 Å². The average molecular weight is 512 g/mol. The van der Waals surface area contributed by atoms with Crippen LogP contribution in [0.1, 0.15) is 31.2 Å². The molecular formula is C21H24N2O13. The SMILES string of the molecule is N[C@@H](Cc1ccccc1)C(=O)OC(CC(=O)O)(CC(=O)NC(=O)CC(O)(CC(=O)O)C(=O)O)C(=O)O. The zero-order valence-corrected chi connectivity index (χ0v) is 18.6. The van der Waals surface area contributed by atoms with Crippen molar-refractivity contribution >= 4 is 41.7 Å². The van der Waals surface area contributed by atoms with Gasteiger partial charge in [0.2, 0.25) is 17.4 Å². The van der Waals surface area contributed by atoms with Crippen LogP contribution >= 0.6 is 0 Å². The first kappa shape index (κ1) is 29.7. The van der Waals surface area contributed by atoms with Crippen molar-refractivity contribution in [3.63, 3.8) is 0 Å². The highest BCUT2D eigenvalue weighted by atomic mass is 16.6. The zero-order valence-electron chi connectivity index (χ0n) is 18.6. The van der Waals surface area contributed by atoms with Crippen LogP contribution in [0, 0.1) is 0 Å². The summed E-state index contributed by atoms with van der Waals surface area (Å²) >= 11 is 0. The minimum atomic E-state index is -3.10. The quantitative estimate of drug-likeness (QED) is 0.134. The number of benzene rings is 1. The van der Waals surface area contributed by atoms with Crippen LogP contribution in [-0.2, 0) is 44.7 Å². The maximum Gasteiger partial charge on any atom is 0.349 e. The molecule has 3 atom stereocenters. The maximum atomic E-state index is 12.5. The van der Waals surface area contributed by atoms with E-state index >= 15 is 0 Å². The van der Waals surface area contributed by atoms with Crippen LogP contribution in [0.4, 0.5) is 0 Å².